The number of carboxylic acids is 1. The fourth-order valence-corrected chi connectivity index (χ4v) is 1.57. The van der Waals surface area contributed by atoms with Gasteiger partial charge in [-0.3, -0.25) is 4.79 Å². The number of nitrogens with zero attached hydrogens (tertiary/aromatic N) is 2. The van der Waals surface area contributed by atoms with Crippen molar-refractivity contribution in [2.75, 3.05) is 5.32 Å². The van der Waals surface area contributed by atoms with E-state index in [1.807, 2.05) is 0 Å². The van der Waals surface area contributed by atoms with Crippen molar-refractivity contribution in [2.24, 2.45) is 0 Å². The van der Waals surface area contributed by atoms with Crippen molar-refractivity contribution in [1.82, 2.24) is 9.97 Å². The third-order valence-electron chi connectivity index (χ3n) is 2.20. The first-order valence-corrected chi connectivity index (χ1v) is 5.98. The van der Waals surface area contributed by atoms with Gasteiger partial charge >= 0.3 is 5.97 Å². The van der Waals surface area contributed by atoms with E-state index in [1.165, 1.54) is 24.5 Å². The summed E-state index contributed by atoms with van der Waals surface area (Å²) in [7, 11) is 0. The summed E-state index contributed by atoms with van der Waals surface area (Å²) < 4.78 is 0.765. The van der Waals surface area contributed by atoms with E-state index >= 15 is 0 Å². The van der Waals surface area contributed by atoms with Crippen LogP contribution in [0.15, 0.2) is 41.1 Å². The molecule has 0 fully saturated rings. The van der Waals surface area contributed by atoms with E-state index in [9.17, 15) is 9.59 Å². The first kappa shape index (κ1) is 13.2. The Labute approximate surface area is 116 Å². The Hall–Kier alpha value is -2.28. The van der Waals surface area contributed by atoms with Crippen LogP contribution >= 0.6 is 15.9 Å². The average molecular weight is 322 g/mol. The lowest BCUT2D eigenvalue weighted by molar-refractivity contribution is 0.0690. The normalized spacial score (nSPS) is 9.95. The lowest BCUT2D eigenvalue weighted by Gasteiger charge is -2.05. The minimum absolute atomic E-state index is 0.137. The van der Waals surface area contributed by atoms with Gasteiger partial charge < -0.3 is 10.4 Å². The number of carbonyl (C=O) groups excluding carboxylic acids is 1. The van der Waals surface area contributed by atoms with Crippen molar-refractivity contribution < 1.29 is 14.7 Å². The molecule has 1 amide bonds. The molecule has 96 valence electrons. The molecule has 19 heavy (non-hydrogen) atoms. The Balaban J connectivity index is 2.17. The second kappa shape index (κ2) is 5.57. The maximum atomic E-state index is 11.8. The summed E-state index contributed by atoms with van der Waals surface area (Å²) in [5.41, 5.74) is 0.445. The van der Waals surface area contributed by atoms with Crippen LogP contribution in [0, 0.1) is 0 Å². The van der Waals surface area contributed by atoms with Gasteiger partial charge in [-0.25, -0.2) is 14.8 Å². The monoisotopic (exact) mass is 321 g/mol. The summed E-state index contributed by atoms with van der Waals surface area (Å²) in [5.74, 6) is -1.58. The van der Waals surface area contributed by atoms with Gasteiger partial charge in [0.25, 0.3) is 5.91 Å². The number of carboxylic acid groups (broad SMARTS) is 1. The molecule has 0 saturated heterocycles. The van der Waals surface area contributed by atoms with Crippen molar-refractivity contribution in [3.8, 4) is 0 Å². The highest BCUT2D eigenvalue weighted by Crippen LogP contribution is 2.11. The van der Waals surface area contributed by atoms with Crippen LogP contribution < -0.4 is 5.32 Å². The second-order valence-corrected chi connectivity index (χ2v) is 4.47. The topological polar surface area (TPSA) is 92.2 Å². The summed E-state index contributed by atoms with van der Waals surface area (Å²) in [6.07, 6.45) is 2.82. The summed E-state index contributed by atoms with van der Waals surface area (Å²) in [6.45, 7) is 0. The maximum absolute atomic E-state index is 11.8. The van der Waals surface area contributed by atoms with E-state index < -0.39 is 11.9 Å². The number of amides is 1. The van der Waals surface area contributed by atoms with Gasteiger partial charge in [0, 0.05) is 22.6 Å². The Morgan fingerprint density at radius 2 is 1.95 bits per heavy atom. The highest BCUT2D eigenvalue weighted by atomic mass is 79.9. The predicted octanol–water partition coefficient (Wildman–Crippen LogP) is 2.19. The van der Waals surface area contributed by atoms with Crippen LogP contribution in [0.25, 0.3) is 0 Å². The highest BCUT2D eigenvalue weighted by molar-refractivity contribution is 9.10. The van der Waals surface area contributed by atoms with Crippen LogP contribution in [0.1, 0.15) is 21.0 Å². The number of anilines is 1. The zero-order chi connectivity index (χ0) is 13.8. The van der Waals surface area contributed by atoms with Crippen molar-refractivity contribution in [3.63, 3.8) is 0 Å². The number of hydrogen-bond acceptors (Lipinski definition) is 4. The lowest BCUT2D eigenvalue weighted by Crippen LogP contribution is -2.14. The van der Waals surface area contributed by atoms with E-state index in [-0.39, 0.29) is 11.4 Å². The smallest absolute Gasteiger partial charge is 0.354 e. The van der Waals surface area contributed by atoms with Gasteiger partial charge in [0.05, 0.1) is 0 Å². The van der Waals surface area contributed by atoms with Crippen molar-refractivity contribution >= 4 is 33.5 Å². The van der Waals surface area contributed by atoms with Crippen LogP contribution in [-0.2, 0) is 0 Å². The van der Waals surface area contributed by atoms with Gasteiger partial charge in [0.1, 0.15) is 11.4 Å². The first-order valence-electron chi connectivity index (χ1n) is 5.18. The van der Waals surface area contributed by atoms with Crippen molar-refractivity contribution in [2.45, 2.75) is 0 Å². The first-order chi connectivity index (χ1) is 9.06. The third kappa shape index (κ3) is 3.35. The Kier molecular flexibility index (Phi) is 3.86. The maximum Gasteiger partial charge on any atom is 0.354 e. The van der Waals surface area contributed by atoms with Crippen LogP contribution in [0.4, 0.5) is 5.69 Å². The molecule has 2 aromatic heterocycles. The number of halogens is 1. The molecule has 0 atom stereocenters. The molecular formula is C12H8BrN3O3. The number of rotatable bonds is 3. The number of nitrogens with one attached hydrogen (secondary N) is 1. The Morgan fingerprint density at radius 3 is 2.58 bits per heavy atom. The van der Waals surface area contributed by atoms with Crippen molar-refractivity contribution in [3.05, 3.63) is 52.5 Å². The molecular weight excluding hydrogens is 314 g/mol. The van der Waals surface area contributed by atoms with E-state index in [0.29, 0.717) is 5.69 Å². The molecule has 0 spiro atoms. The van der Waals surface area contributed by atoms with Crippen molar-refractivity contribution in [1.29, 1.82) is 0 Å². The number of carbonyl (C=O) groups is 2. The molecule has 0 aliphatic heterocycles. The van der Waals surface area contributed by atoms with E-state index in [4.69, 9.17) is 5.11 Å². The van der Waals surface area contributed by atoms with E-state index in [1.54, 1.807) is 12.1 Å². The van der Waals surface area contributed by atoms with Gasteiger partial charge in [-0.2, -0.15) is 0 Å². The molecule has 2 rings (SSSR count). The number of pyridine rings is 2. The molecule has 0 radical (unpaired) electrons. The SMILES string of the molecule is O=C(O)c1cc(NC(=O)c2ccc(Br)cn2)ccn1. The summed E-state index contributed by atoms with van der Waals surface area (Å²) >= 11 is 3.22. The Bertz CT molecular complexity index is 628. The quantitative estimate of drug-likeness (QED) is 0.904. The van der Waals surface area contributed by atoms with Crippen LogP contribution in [0.2, 0.25) is 0 Å². The minimum atomic E-state index is -1.15. The van der Waals surface area contributed by atoms with Crippen LogP contribution in [0.3, 0.4) is 0 Å². The van der Waals surface area contributed by atoms with E-state index in [0.717, 1.165) is 4.47 Å². The predicted molar refractivity (Wildman–Crippen MR) is 71.1 cm³/mol. The van der Waals surface area contributed by atoms with Gasteiger partial charge in [-0.15, -0.1) is 0 Å². The molecule has 0 aliphatic rings. The standard InChI is InChI=1S/C12H8BrN3O3/c13-7-1-2-9(15-6-7)11(17)16-8-3-4-14-10(5-8)12(18)19/h1-6H,(H,18,19)(H,14,16,17). The Morgan fingerprint density at radius 1 is 1.16 bits per heavy atom. The fraction of sp³-hybridized carbons (Fsp3) is 0. The minimum Gasteiger partial charge on any atom is -0.477 e. The molecule has 2 N–H and O–H groups in total. The largest absolute Gasteiger partial charge is 0.477 e. The molecule has 0 unspecified atom stereocenters. The molecule has 2 aromatic rings. The van der Waals surface area contributed by atoms with Crippen LogP contribution in [0.5, 0.6) is 0 Å². The highest BCUT2D eigenvalue weighted by Gasteiger charge is 2.10. The molecule has 0 aromatic carbocycles. The molecule has 2 heterocycles. The molecule has 0 bridgehead atoms. The second-order valence-electron chi connectivity index (χ2n) is 3.55. The van der Waals surface area contributed by atoms with Gasteiger partial charge in [0.2, 0.25) is 0 Å². The number of aromatic nitrogens is 2. The average Bonchev–Trinajstić information content (AvgIpc) is 2.39. The molecule has 0 aliphatic carbocycles. The number of aromatic carboxylic acids is 1. The third-order valence-corrected chi connectivity index (χ3v) is 2.67. The van der Waals surface area contributed by atoms with Gasteiger partial charge in [-0.05, 0) is 40.2 Å². The zero-order valence-electron chi connectivity index (χ0n) is 9.50. The molecule has 6 nitrogen and oxygen atoms in total. The fourth-order valence-electron chi connectivity index (χ4n) is 1.33. The number of hydrogen-bond donors (Lipinski definition) is 2. The van der Waals surface area contributed by atoms with Gasteiger partial charge in [0.15, 0.2) is 0 Å². The van der Waals surface area contributed by atoms with E-state index in [2.05, 4.69) is 31.2 Å². The summed E-state index contributed by atoms with van der Waals surface area (Å²) in [6, 6.07) is 6.03. The summed E-state index contributed by atoms with van der Waals surface area (Å²) in [5, 5.41) is 11.4. The lowest BCUT2D eigenvalue weighted by atomic mass is 10.3. The molecule has 0 saturated carbocycles. The molecule has 7 heteroatoms. The zero-order valence-corrected chi connectivity index (χ0v) is 11.1. The van der Waals surface area contributed by atoms with Crippen LogP contribution in [-0.4, -0.2) is 27.0 Å². The summed E-state index contributed by atoms with van der Waals surface area (Å²) in [4.78, 5) is 30.2. The van der Waals surface area contributed by atoms with Gasteiger partial charge in [-0.1, -0.05) is 0 Å².